The first-order chi connectivity index (χ1) is 19.6. The fraction of sp³-hybridized carbons (Fsp3) is 0.649. The van der Waals surface area contributed by atoms with E-state index in [9.17, 15) is 4.79 Å². The van der Waals surface area contributed by atoms with E-state index in [1.807, 2.05) is 12.1 Å². The summed E-state index contributed by atoms with van der Waals surface area (Å²) >= 11 is 0. The van der Waals surface area contributed by atoms with Crippen LogP contribution in [0.15, 0.2) is 54.6 Å². The Labute approximate surface area is 251 Å². The Morgan fingerprint density at radius 1 is 1.02 bits per heavy atom. The third kappa shape index (κ3) is 9.60. The summed E-state index contributed by atoms with van der Waals surface area (Å²) in [5, 5.41) is 0. The molecule has 2 aromatic carbocycles. The van der Waals surface area contributed by atoms with E-state index in [0.29, 0.717) is 24.3 Å². The van der Waals surface area contributed by atoms with Crippen LogP contribution in [0.2, 0.25) is 0 Å². The molecule has 4 heteroatoms. The molecule has 1 heterocycles. The molecule has 228 valence electrons. The van der Waals surface area contributed by atoms with Gasteiger partial charge < -0.3 is 14.4 Å². The van der Waals surface area contributed by atoms with Crippen LogP contribution in [0.4, 0.5) is 0 Å². The van der Waals surface area contributed by atoms with E-state index in [0.717, 1.165) is 56.4 Å². The van der Waals surface area contributed by atoms with Crippen molar-refractivity contribution in [1.29, 1.82) is 0 Å². The smallest absolute Gasteiger partial charge is 0.225 e. The number of ether oxygens (including phenoxy) is 2. The maximum atomic E-state index is 14.2. The number of methoxy groups -OCH3 is 2. The molecule has 1 amide bonds. The molecular formula is C37H57NO3. The highest BCUT2D eigenvalue weighted by molar-refractivity contribution is 5.78. The van der Waals surface area contributed by atoms with E-state index < -0.39 is 0 Å². The van der Waals surface area contributed by atoms with Gasteiger partial charge >= 0.3 is 0 Å². The van der Waals surface area contributed by atoms with Crippen LogP contribution in [0, 0.1) is 17.8 Å². The van der Waals surface area contributed by atoms with Gasteiger partial charge in [-0.25, -0.2) is 0 Å². The minimum Gasteiger partial charge on any atom is -0.497 e. The summed E-state index contributed by atoms with van der Waals surface area (Å²) in [6.07, 6.45) is 11.2. The minimum atomic E-state index is -0.179. The summed E-state index contributed by atoms with van der Waals surface area (Å²) in [6, 6.07) is 19.5. The zero-order valence-corrected chi connectivity index (χ0v) is 27.1. The predicted octanol–water partition coefficient (Wildman–Crippen LogP) is 9.21. The van der Waals surface area contributed by atoms with Crippen LogP contribution in [0.1, 0.15) is 110 Å². The lowest BCUT2D eigenvalue weighted by Gasteiger charge is -2.38. The van der Waals surface area contributed by atoms with E-state index in [2.05, 4.69) is 82.0 Å². The molecule has 0 radical (unpaired) electrons. The van der Waals surface area contributed by atoms with Gasteiger partial charge in [0, 0.05) is 26.1 Å². The largest absolute Gasteiger partial charge is 0.497 e. The van der Waals surface area contributed by atoms with Crippen molar-refractivity contribution in [3.63, 3.8) is 0 Å². The molecule has 0 aromatic heterocycles. The van der Waals surface area contributed by atoms with Gasteiger partial charge in [0.05, 0.1) is 12.7 Å². The number of carbonyl (C=O) groups is 1. The van der Waals surface area contributed by atoms with Crippen molar-refractivity contribution in [1.82, 2.24) is 4.90 Å². The molecule has 4 atom stereocenters. The summed E-state index contributed by atoms with van der Waals surface area (Å²) in [4.78, 5) is 16.3. The topological polar surface area (TPSA) is 38.8 Å². The molecule has 0 bridgehead atoms. The Kier molecular flexibility index (Phi) is 12.8. The maximum absolute atomic E-state index is 14.2. The van der Waals surface area contributed by atoms with E-state index in [-0.39, 0.29) is 16.9 Å². The van der Waals surface area contributed by atoms with Crippen LogP contribution < -0.4 is 4.74 Å². The van der Waals surface area contributed by atoms with Gasteiger partial charge in [-0.1, -0.05) is 82.5 Å². The lowest BCUT2D eigenvalue weighted by atomic mass is 9.67. The molecule has 0 saturated carbocycles. The van der Waals surface area contributed by atoms with Crippen LogP contribution in [-0.2, 0) is 21.5 Å². The fourth-order valence-corrected chi connectivity index (χ4v) is 7.09. The monoisotopic (exact) mass is 563 g/mol. The Bertz CT molecular complexity index is 1030. The quantitative estimate of drug-likeness (QED) is 0.258. The number of benzene rings is 2. The highest BCUT2D eigenvalue weighted by atomic mass is 16.5. The summed E-state index contributed by atoms with van der Waals surface area (Å²) in [5.41, 5.74) is 2.61. The lowest BCUT2D eigenvalue weighted by molar-refractivity contribution is -0.138. The summed E-state index contributed by atoms with van der Waals surface area (Å²) < 4.78 is 11.2. The van der Waals surface area contributed by atoms with Crippen molar-refractivity contribution in [2.45, 2.75) is 116 Å². The van der Waals surface area contributed by atoms with Gasteiger partial charge in [0.15, 0.2) is 0 Å². The van der Waals surface area contributed by atoms with Gasteiger partial charge in [-0.15, -0.1) is 0 Å². The second-order valence-electron chi connectivity index (χ2n) is 13.4. The molecule has 3 rings (SSSR count). The highest BCUT2D eigenvalue weighted by Gasteiger charge is 2.36. The number of hydrogen-bond donors (Lipinski definition) is 0. The highest BCUT2D eigenvalue weighted by Crippen LogP contribution is 2.43. The first-order valence-electron chi connectivity index (χ1n) is 16.2. The van der Waals surface area contributed by atoms with Gasteiger partial charge in [0.25, 0.3) is 0 Å². The van der Waals surface area contributed by atoms with Crippen LogP contribution in [-0.4, -0.2) is 37.2 Å². The fourth-order valence-electron chi connectivity index (χ4n) is 7.09. The van der Waals surface area contributed by atoms with E-state index in [4.69, 9.17) is 9.47 Å². The lowest BCUT2D eigenvalue weighted by Crippen LogP contribution is -2.39. The van der Waals surface area contributed by atoms with E-state index in [1.54, 1.807) is 14.2 Å². The molecule has 0 aliphatic carbocycles. The molecule has 4 nitrogen and oxygen atoms in total. The molecule has 2 aromatic rings. The van der Waals surface area contributed by atoms with Crippen molar-refractivity contribution in [3.05, 3.63) is 65.7 Å². The predicted molar refractivity (Wildman–Crippen MR) is 171 cm³/mol. The van der Waals surface area contributed by atoms with Crippen molar-refractivity contribution >= 4 is 5.91 Å². The number of rotatable bonds is 12. The molecule has 1 fully saturated rings. The Morgan fingerprint density at radius 2 is 1.71 bits per heavy atom. The van der Waals surface area contributed by atoms with Gasteiger partial charge in [-0.3, -0.25) is 4.79 Å². The minimum absolute atomic E-state index is 0.0101. The number of nitrogens with zero attached hydrogens (tertiary/aromatic N) is 1. The number of hydrogen-bond acceptors (Lipinski definition) is 3. The van der Waals surface area contributed by atoms with Crippen LogP contribution in [0.3, 0.4) is 0 Å². The van der Waals surface area contributed by atoms with Crippen molar-refractivity contribution in [2.75, 3.05) is 20.8 Å². The van der Waals surface area contributed by atoms with E-state index >= 15 is 0 Å². The first-order valence-corrected chi connectivity index (χ1v) is 16.2. The van der Waals surface area contributed by atoms with Crippen LogP contribution in [0.25, 0.3) is 0 Å². The maximum Gasteiger partial charge on any atom is 0.225 e. The second kappa shape index (κ2) is 15.8. The van der Waals surface area contributed by atoms with Crippen LogP contribution >= 0.6 is 0 Å². The Morgan fingerprint density at radius 3 is 2.34 bits per heavy atom. The second-order valence-corrected chi connectivity index (χ2v) is 13.4. The average Bonchev–Trinajstić information content (AvgIpc) is 2.99. The molecule has 1 aliphatic rings. The summed E-state index contributed by atoms with van der Waals surface area (Å²) in [7, 11) is 3.49. The molecule has 0 N–H and O–H groups in total. The SMILES string of the molecule is CCCC(C)C[C@]1(c2ccccc2)CCCC(CCC(C)(C)OC)C(C)C(=O)N(Cc2ccc(OC)cc2)CCC1. The van der Waals surface area contributed by atoms with Gasteiger partial charge in [0.1, 0.15) is 5.75 Å². The molecule has 1 aliphatic heterocycles. The van der Waals surface area contributed by atoms with Gasteiger partial charge in [-0.05, 0) is 99.3 Å². The molecule has 3 unspecified atom stereocenters. The number of carbonyl (C=O) groups excluding carboxylic acids is 1. The zero-order chi connectivity index (χ0) is 29.9. The molecule has 1 saturated heterocycles. The summed E-state index contributed by atoms with van der Waals surface area (Å²) in [6.45, 7) is 12.7. The average molecular weight is 564 g/mol. The third-order valence-electron chi connectivity index (χ3n) is 9.83. The molecular weight excluding hydrogens is 506 g/mol. The zero-order valence-electron chi connectivity index (χ0n) is 27.1. The third-order valence-corrected chi connectivity index (χ3v) is 9.83. The first kappa shape index (κ1) is 33.2. The van der Waals surface area contributed by atoms with Crippen molar-refractivity contribution in [3.8, 4) is 5.75 Å². The number of amides is 1. The van der Waals surface area contributed by atoms with Crippen molar-refractivity contribution in [2.24, 2.45) is 17.8 Å². The van der Waals surface area contributed by atoms with Gasteiger partial charge in [-0.2, -0.15) is 0 Å². The molecule has 41 heavy (non-hydrogen) atoms. The normalized spacial score (nSPS) is 23.6. The molecule has 0 spiro atoms. The Balaban J connectivity index is 1.95. The summed E-state index contributed by atoms with van der Waals surface area (Å²) in [5.74, 6) is 2.16. The van der Waals surface area contributed by atoms with Crippen molar-refractivity contribution < 1.29 is 14.3 Å². The van der Waals surface area contributed by atoms with Crippen LogP contribution in [0.5, 0.6) is 5.75 Å². The van der Waals surface area contributed by atoms with E-state index in [1.165, 1.54) is 31.2 Å². The standard InChI is InChI=1S/C37H57NO3/c1-8-14-29(2)27-37(33-16-10-9-11-17-33)23-12-15-32(22-25-36(4,5)41-7)30(3)35(39)38(26-13-24-37)28-31-18-20-34(40-6)21-19-31/h9-11,16-21,29-30,32H,8,12-15,22-28H2,1-7H3/t29?,30?,32?,37-/m0/s1. The Hall–Kier alpha value is -2.33. The van der Waals surface area contributed by atoms with Gasteiger partial charge in [0.2, 0.25) is 5.91 Å².